The topological polar surface area (TPSA) is 45.4 Å². The van der Waals surface area contributed by atoms with Crippen LogP contribution >= 0.6 is 11.3 Å². The number of thiophene rings is 1. The Labute approximate surface area is 142 Å². The number of piperidine rings is 1. The van der Waals surface area contributed by atoms with Crippen LogP contribution in [-0.4, -0.2) is 53.7 Å². The highest BCUT2D eigenvalue weighted by molar-refractivity contribution is 7.13. The number of rotatable bonds is 6. The molecule has 0 aliphatic carbocycles. The van der Waals surface area contributed by atoms with Crippen LogP contribution in [0.15, 0.2) is 22.0 Å². The van der Waals surface area contributed by atoms with Gasteiger partial charge in [0.1, 0.15) is 0 Å². The maximum atomic E-state index is 5.51. The Morgan fingerprint density at radius 1 is 1.39 bits per heavy atom. The molecule has 1 saturated heterocycles. The molecule has 6 heteroatoms. The van der Waals surface area contributed by atoms with E-state index < -0.39 is 0 Å². The summed E-state index contributed by atoms with van der Waals surface area (Å²) in [5.41, 5.74) is 0. The van der Waals surface area contributed by atoms with Crippen molar-refractivity contribution in [3.63, 3.8) is 0 Å². The molecule has 2 aromatic heterocycles. The fourth-order valence-corrected chi connectivity index (χ4v) is 3.79. The molecular weight excluding hydrogens is 308 g/mol. The van der Waals surface area contributed by atoms with Crippen LogP contribution < -0.4 is 0 Å². The van der Waals surface area contributed by atoms with Crippen LogP contribution in [0.5, 0.6) is 0 Å². The summed E-state index contributed by atoms with van der Waals surface area (Å²) in [6, 6.07) is 4.24. The molecule has 0 radical (unpaired) electrons. The highest BCUT2D eigenvalue weighted by Gasteiger charge is 2.26. The second kappa shape index (κ2) is 7.55. The summed E-state index contributed by atoms with van der Waals surface area (Å²) in [5, 5.41) is 6.17. The lowest BCUT2D eigenvalue weighted by atomic mass is 9.92. The van der Waals surface area contributed by atoms with E-state index in [4.69, 9.17) is 4.52 Å². The predicted octanol–water partition coefficient (Wildman–Crippen LogP) is 3.52. The second-order valence-corrected chi connectivity index (χ2v) is 7.63. The molecule has 1 atom stereocenters. The monoisotopic (exact) mass is 334 g/mol. The fourth-order valence-electron chi connectivity index (χ4n) is 3.14. The molecule has 0 aromatic carbocycles. The van der Waals surface area contributed by atoms with E-state index in [1.54, 1.807) is 11.3 Å². The molecular formula is C17H26N4OS. The van der Waals surface area contributed by atoms with Crippen LogP contribution in [0, 0.1) is 5.92 Å². The molecule has 2 aromatic rings. The van der Waals surface area contributed by atoms with E-state index in [0.717, 1.165) is 29.8 Å². The predicted molar refractivity (Wildman–Crippen MR) is 93.5 cm³/mol. The van der Waals surface area contributed by atoms with Gasteiger partial charge in [-0.1, -0.05) is 11.2 Å². The number of hydrogen-bond acceptors (Lipinski definition) is 6. The maximum absolute atomic E-state index is 5.51. The lowest BCUT2D eigenvalue weighted by Crippen LogP contribution is -2.36. The van der Waals surface area contributed by atoms with Crippen LogP contribution in [0.25, 0.3) is 10.7 Å². The summed E-state index contributed by atoms with van der Waals surface area (Å²) >= 11 is 1.64. The fraction of sp³-hybridized carbons (Fsp3) is 0.647. The molecule has 1 aliphatic rings. The highest BCUT2D eigenvalue weighted by atomic mass is 32.1. The molecule has 0 N–H and O–H groups in total. The second-order valence-electron chi connectivity index (χ2n) is 6.68. The summed E-state index contributed by atoms with van der Waals surface area (Å²) in [5.74, 6) is 2.30. The van der Waals surface area contributed by atoms with Crippen molar-refractivity contribution in [1.29, 1.82) is 0 Å². The van der Waals surface area contributed by atoms with Crippen molar-refractivity contribution in [3.8, 4) is 10.7 Å². The Bertz CT molecular complexity index is 588. The van der Waals surface area contributed by atoms with Gasteiger partial charge in [0.05, 0.1) is 10.9 Å². The first-order valence-corrected chi connectivity index (χ1v) is 9.27. The standard InChI is InChI=1S/C17H26N4OS/c1-13(17-18-16(19-22-17)15-5-4-12-23-15)21-10-7-14(8-11-21)6-9-20(2)3/h4-5,12-14H,6-11H2,1-3H3. The minimum atomic E-state index is 0.200. The van der Waals surface area contributed by atoms with E-state index in [2.05, 4.69) is 41.0 Å². The molecule has 126 valence electrons. The SMILES string of the molecule is CC(c1nc(-c2cccs2)no1)N1CCC(CCN(C)C)CC1. The van der Waals surface area contributed by atoms with E-state index in [-0.39, 0.29) is 6.04 Å². The van der Waals surface area contributed by atoms with E-state index in [9.17, 15) is 0 Å². The van der Waals surface area contributed by atoms with Gasteiger partial charge >= 0.3 is 0 Å². The van der Waals surface area contributed by atoms with Gasteiger partial charge < -0.3 is 9.42 Å². The molecule has 0 bridgehead atoms. The first-order chi connectivity index (χ1) is 11.1. The van der Waals surface area contributed by atoms with Crippen molar-refractivity contribution < 1.29 is 4.52 Å². The van der Waals surface area contributed by atoms with Gasteiger partial charge in [-0.25, -0.2) is 0 Å². The summed E-state index contributed by atoms with van der Waals surface area (Å²) in [4.78, 5) is 10.4. The normalized spacial score (nSPS) is 18.6. The quantitative estimate of drug-likeness (QED) is 0.809. The van der Waals surface area contributed by atoms with E-state index >= 15 is 0 Å². The van der Waals surface area contributed by atoms with Gasteiger partial charge in [-0.2, -0.15) is 4.98 Å². The molecule has 1 fully saturated rings. The third kappa shape index (κ3) is 4.19. The van der Waals surface area contributed by atoms with Crippen LogP contribution in [0.4, 0.5) is 0 Å². The molecule has 3 heterocycles. The van der Waals surface area contributed by atoms with Crippen LogP contribution in [0.1, 0.15) is 38.1 Å². The van der Waals surface area contributed by atoms with Gasteiger partial charge in [-0.3, -0.25) is 4.90 Å². The lowest BCUT2D eigenvalue weighted by molar-refractivity contribution is 0.114. The Balaban J connectivity index is 1.54. The van der Waals surface area contributed by atoms with Crippen molar-refractivity contribution in [3.05, 3.63) is 23.4 Å². The van der Waals surface area contributed by atoms with E-state index in [1.165, 1.54) is 25.8 Å². The zero-order valence-electron chi connectivity index (χ0n) is 14.2. The van der Waals surface area contributed by atoms with E-state index in [0.29, 0.717) is 5.82 Å². The Morgan fingerprint density at radius 3 is 2.83 bits per heavy atom. The first kappa shape index (κ1) is 16.6. The number of likely N-dealkylation sites (tertiary alicyclic amines) is 1. The Kier molecular flexibility index (Phi) is 5.46. The molecule has 23 heavy (non-hydrogen) atoms. The number of nitrogens with zero attached hydrogens (tertiary/aromatic N) is 4. The van der Waals surface area contributed by atoms with Crippen molar-refractivity contribution in [2.45, 2.75) is 32.2 Å². The number of aromatic nitrogens is 2. The Morgan fingerprint density at radius 2 is 2.17 bits per heavy atom. The van der Waals surface area contributed by atoms with Gasteiger partial charge in [-0.05, 0) is 77.3 Å². The van der Waals surface area contributed by atoms with Gasteiger partial charge in [0, 0.05) is 0 Å². The van der Waals surface area contributed by atoms with Gasteiger partial charge in [-0.15, -0.1) is 11.3 Å². The van der Waals surface area contributed by atoms with Crippen LogP contribution in [-0.2, 0) is 0 Å². The third-order valence-electron chi connectivity index (χ3n) is 4.72. The molecule has 1 unspecified atom stereocenters. The third-order valence-corrected chi connectivity index (χ3v) is 5.59. The lowest BCUT2D eigenvalue weighted by Gasteiger charge is -2.34. The maximum Gasteiger partial charge on any atom is 0.244 e. The van der Waals surface area contributed by atoms with Gasteiger partial charge in [0.15, 0.2) is 0 Å². The smallest absolute Gasteiger partial charge is 0.244 e. The van der Waals surface area contributed by atoms with Crippen molar-refractivity contribution in [2.24, 2.45) is 5.92 Å². The zero-order chi connectivity index (χ0) is 16.2. The number of hydrogen-bond donors (Lipinski definition) is 0. The summed E-state index contributed by atoms with van der Waals surface area (Å²) in [7, 11) is 4.30. The largest absolute Gasteiger partial charge is 0.337 e. The van der Waals surface area contributed by atoms with Gasteiger partial charge in [0.2, 0.25) is 11.7 Å². The molecule has 5 nitrogen and oxygen atoms in total. The molecule has 0 saturated carbocycles. The first-order valence-electron chi connectivity index (χ1n) is 8.39. The molecule has 0 amide bonds. The summed E-state index contributed by atoms with van der Waals surface area (Å²) in [6.45, 7) is 5.60. The average molecular weight is 334 g/mol. The minimum Gasteiger partial charge on any atom is -0.337 e. The zero-order valence-corrected chi connectivity index (χ0v) is 15.1. The Hall–Kier alpha value is -1.24. The van der Waals surface area contributed by atoms with Crippen molar-refractivity contribution in [1.82, 2.24) is 19.9 Å². The average Bonchev–Trinajstić information content (AvgIpc) is 3.23. The van der Waals surface area contributed by atoms with Crippen molar-refractivity contribution >= 4 is 11.3 Å². The van der Waals surface area contributed by atoms with Gasteiger partial charge in [0.25, 0.3) is 0 Å². The summed E-state index contributed by atoms with van der Waals surface area (Å²) < 4.78 is 5.51. The van der Waals surface area contributed by atoms with Crippen molar-refractivity contribution in [2.75, 3.05) is 33.7 Å². The minimum absolute atomic E-state index is 0.200. The molecule has 1 aliphatic heterocycles. The van der Waals surface area contributed by atoms with Crippen LogP contribution in [0.3, 0.4) is 0 Å². The van der Waals surface area contributed by atoms with Crippen LogP contribution in [0.2, 0.25) is 0 Å². The highest BCUT2D eigenvalue weighted by Crippen LogP contribution is 2.29. The molecule has 3 rings (SSSR count). The van der Waals surface area contributed by atoms with E-state index in [1.807, 2.05) is 17.5 Å². The molecule has 0 spiro atoms. The summed E-state index contributed by atoms with van der Waals surface area (Å²) in [6.07, 6.45) is 3.84.